The average Bonchev–Trinajstić information content (AvgIpc) is 3.06. The molecule has 0 unspecified atom stereocenters. The molecule has 1 atom stereocenters. The van der Waals surface area contributed by atoms with Crippen molar-refractivity contribution in [3.05, 3.63) is 34.9 Å². The Balaban J connectivity index is 0.00000208. The standard InChI is InChI=1S/C17H22F2N2O2.ClH/c1-23-12-4-7-21(10-12)17(22)14-9-15(18)13(8-16(14)19)11-2-5-20-6-3-11;/h8-9,11-12,20H,2-7,10H2,1H3;1H/t12-;/m0./s1. The van der Waals surface area contributed by atoms with Gasteiger partial charge in [-0.15, -0.1) is 12.4 Å². The molecule has 0 saturated carbocycles. The number of ether oxygens (including phenoxy) is 1. The topological polar surface area (TPSA) is 41.6 Å². The lowest BCUT2D eigenvalue weighted by atomic mass is 9.89. The second kappa shape index (κ2) is 8.23. The van der Waals surface area contributed by atoms with Gasteiger partial charge in [-0.3, -0.25) is 4.79 Å². The number of nitrogens with one attached hydrogen (secondary N) is 1. The molecular weight excluding hydrogens is 338 g/mol. The van der Waals surface area contributed by atoms with Gasteiger partial charge in [-0.25, -0.2) is 8.78 Å². The summed E-state index contributed by atoms with van der Waals surface area (Å²) >= 11 is 0. The number of nitrogens with zero attached hydrogens (tertiary/aromatic N) is 1. The number of hydrogen-bond acceptors (Lipinski definition) is 3. The largest absolute Gasteiger partial charge is 0.380 e. The highest BCUT2D eigenvalue weighted by atomic mass is 35.5. The zero-order chi connectivity index (χ0) is 16.4. The quantitative estimate of drug-likeness (QED) is 0.901. The summed E-state index contributed by atoms with van der Waals surface area (Å²) in [5.41, 5.74) is 0.202. The second-order valence-electron chi connectivity index (χ2n) is 6.28. The van der Waals surface area contributed by atoms with Gasteiger partial charge >= 0.3 is 0 Å². The van der Waals surface area contributed by atoms with E-state index >= 15 is 0 Å². The number of benzene rings is 1. The summed E-state index contributed by atoms with van der Waals surface area (Å²) in [7, 11) is 1.59. The van der Waals surface area contributed by atoms with Crippen molar-refractivity contribution in [2.75, 3.05) is 33.3 Å². The normalized spacial score (nSPS) is 21.6. The minimum Gasteiger partial charge on any atom is -0.380 e. The predicted octanol–water partition coefficient (Wildman–Crippen LogP) is 2.71. The van der Waals surface area contributed by atoms with Gasteiger partial charge in [0.25, 0.3) is 5.91 Å². The number of carbonyl (C=O) groups excluding carboxylic acids is 1. The zero-order valence-corrected chi connectivity index (χ0v) is 14.5. The van der Waals surface area contributed by atoms with Crippen LogP contribution < -0.4 is 5.32 Å². The molecule has 2 fully saturated rings. The van der Waals surface area contributed by atoms with Crippen LogP contribution in [0.15, 0.2) is 12.1 Å². The van der Waals surface area contributed by atoms with Gasteiger partial charge in [-0.2, -0.15) is 0 Å². The van der Waals surface area contributed by atoms with Gasteiger partial charge in [0.2, 0.25) is 0 Å². The Morgan fingerprint density at radius 2 is 1.92 bits per heavy atom. The number of amides is 1. The molecule has 0 aliphatic carbocycles. The molecular formula is C17H23ClF2N2O2. The SMILES string of the molecule is CO[C@H]1CCN(C(=O)c2cc(F)c(C3CCNCC3)cc2F)C1.Cl. The number of hydrogen-bond donors (Lipinski definition) is 1. The summed E-state index contributed by atoms with van der Waals surface area (Å²) in [6.07, 6.45) is 2.26. The van der Waals surface area contributed by atoms with Gasteiger partial charge < -0.3 is 15.0 Å². The molecule has 7 heteroatoms. The summed E-state index contributed by atoms with van der Waals surface area (Å²) in [5, 5.41) is 3.21. The first kappa shape index (κ1) is 19.1. The van der Waals surface area contributed by atoms with Crippen molar-refractivity contribution in [3.8, 4) is 0 Å². The van der Waals surface area contributed by atoms with Crippen molar-refractivity contribution in [1.82, 2.24) is 10.2 Å². The number of methoxy groups -OCH3 is 1. The van der Waals surface area contributed by atoms with Gasteiger partial charge in [-0.1, -0.05) is 0 Å². The first-order valence-corrected chi connectivity index (χ1v) is 8.12. The third-order valence-corrected chi connectivity index (χ3v) is 4.86. The van der Waals surface area contributed by atoms with E-state index in [0.717, 1.165) is 38.4 Å². The molecule has 2 heterocycles. The minimum atomic E-state index is -0.634. The molecule has 0 spiro atoms. The van der Waals surface area contributed by atoms with E-state index in [2.05, 4.69) is 5.32 Å². The third kappa shape index (κ3) is 3.87. The highest BCUT2D eigenvalue weighted by Gasteiger charge is 2.30. The summed E-state index contributed by atoms with van der Waals surface area (Å²) < 4.78 is 34.0. The Morgan fingerprint density at radius 1 is 1.21 bits per heavy atom. The molecule has 134 valence electrons. The maximum atomic E-state index is 14.4. The highest BCUT2D eigenvalue weighted by Crippen LogP contribution is 2.30. The maximum absolute atomic E-state index is 14.4. The van der Waals surface area contributed by atoms with E-state index in [0.29, 0.717) is 18.7 Å². The van der Waals surface area contributed by atoms with E-state index in [-0.39, 0.29) is 30.0 Å². The summed E-state index contributed by atoms with van der Waals surface area (Å²) in [6, 6.07) is 2.28. The number of piperidine rings is 1. The van der Waals surface area contributed by atoms with E-state index in [1.54, 1.807) is 7.11 Å². The number of carbonyl (C=O) groups is 1. The molecule has 0 radical (unpaired) electrons. The van der Waals surface area contributed by atoms with Gasteiger partial charge in [0.05, 0.1) is 11.7 Å². The van der Waals surface area contributed by atoms with Crippen molar-refractivity contribution < 1.29 is 18.3 Å². The molecule has 2 saturated heterocycles. The Hall–Kier alpha value is -1.24. The monoisotopic (exact) mass is 360 g/mol. The fourth-order valence-electron chi connectivity index (χ4n) is 3.45. The van der Waals surface area contributed by atoms with Crippen LogP contribution in [0, 0.1) is 11.6 Å². The molecule has 2 aliphatic heterocycles. The van der Waals surface area contributed by atoms with Crippen LogP contribution in [0.3, 0.4) is 0 Å². The smallest absolute Gasteiger partial charge is 0.257 e. The fourth-order valence-corrected chi connectivity index (χ4v) is 3.45. The van der Waals surface area contributed by atoms with Crippen LogP contribution in [-0.4, -0.2) is 50.2 Å². The first-order valence-electron chi connectivity index (χ1n) is 8.12. The second-order valence-corrected chi connectivity index (χ2v) is 6.28. The molecule has 1 aromatic carbocycles. The van der Waals surface area contributed by atoms with E-state index in [4.69, 9.17) is 4.74 Å². The molecule has 2 aliphatic rings. The molecule has 1 aromatic rings. The van der Waals surface area contributed by atoms with Crippen molar-refractivity contribution >= 4 is 18.3 Å². The molecule has 1 N–H and O–H groups in total. The number of rotatable bonds is 3. The lowest BCUT2D eigenvalue weighted by Crippen LogP contribution is -2.31. The van der Waals surface area contributed by atoms with Crippen molar-refractivity contribution in [1.29, 1.82) is 0 Å². The van der Waals surface area contributed by atoms with Crippen molar-refractivity contribution in [2.45, 2.75) is 31.3 Å². The molecule has 0 bridgehead atoms. The predicted molar refractivity (Wildman–Crippen MR) is 89.8 cm³/mol. The van der Waals surface area contributed by atoms with E-state index in [1.165, 1.54) is 11.0 Å². The van der Waals surface area contributed by atoms with Crippen molar-refractivity contribution in [3.63, 3.8) is 0 Å². The fraction of sp³-hybridized carbons (Fsp3) is 0.588. The van der Waals surface area contributed by atoms with Crippen LogP contribution >= 0.6 is 12.4 Å². The Labute approximate surface area is 147 Å². The van der Waals surface area contributed by atoms with Crippen molar-refractivity contribution in [2.24, 2.45) is 0 Å². The summed E-state index contributed by atoms with van der Waals surface area (Å²) in [6.45, 7) is 2.54. The number of halogens is 3. The number of likely N-dealkylation sites (tertiary alicyclic amines) is 1. The highest BCUT2D eigenvalue weighted by molar-refractivity contribution is 5.94. The lowest BCUT2D eigenvalue weighted by molar-refractivity contribution is 0.0719. The minimum absolute atomic E-state index is 0. The average molecular weight is 361 g/mol. The maximum Gasteiger partial charge on any atom is 0.257 e. The van der Waals surface area contributed by atoms with E-state index in [9.17, 15) is 13.6 Å². The van der Waals surface area contributed by atoms with Gasteiger partial charge in [0.1, 0.15) is 11.6 Å². The van der Waals surface area contributed by atoms with Crippen LogP contribution in [0.2, 0.25) is 0 Å². The lowest BCUT2D eigenvalue weighted by Gasteiger charge is -2.24. The molecule has 24 heavy (non-hydrogen) atoms. The Morgan fingerprint density at radius 3 is 2.54 bits per heavy atom. The van der Waals surface area contributed by atoms with Crippen LogP contribution in [0.5, 0.6) is 0 Å². The van der Waals surface area contributed by atoms with Crippen LogP contribution in [0.25, 0.3) is 0 Å². The Kier molecular flexibility index (Phi) is 6.54. The van der Waals surface area contributed by atoms with Crippen LogP contribution in [0.4, 0.5) is 8.78 Å². The zero-order valence-electron chi connectivity index (χ0n) is 13.7. The van der Waals surface area contributed by atoms with Crippen LogP contribution in [-0.2, 0) is 4.74 Å². The first-order chi connectivity index (χ1) is 11.1. The molecule has 3 rings (SSSR count). The van der Waals surface area contributed by atoms with Crippen LogP contribution in [0.1, 0.15) is 41.1 Å². The Bertz CT molecular complexity index is 594. The molecule has 1 amide bonds. The van der Waals surface area contributed by atoms with Gasteiger partial charge in [-0.05, 0) is 56.0 Å². The molecule has 0 aromatic heterocycles. The van der Waals surface area contributed by atoms with Gasteiger partial charge in [0.15, 0.2) is 0 Å². The molecule has 4 nitrogen and oxygen atoms in total. The van der Waals surface area contributed by atoms with Gasteiger partial charge in [0, 0.05) is 20.2 Å². The van der Waals surface area contributed by atoms with E-state index < -0.39 is 17.5 Å². The summed E-state index contributed by atoms with van der Waals surface area (Å²) in [4.78, 5) is 13.9. The van der Waals surface area contributed by atoms with E-state index in [1.807, 2.05) is 0 Å². The summed E-state index contributed by atoms with van der Waals surface area (Å²) in [5.74, 6) is -1.56. The third-order valence-electron chi connectivity index (χ3n) is 4.86.